The number of para-hydroxylation sites is 2. The molecule has 1 heterocycles. The molecular weight excluding hydrogens is 480 g/mol. The van der Waals surface area contributed by atoms with Crippen molar-refractivity contribution in [1.29, 1.82) is 5.41 Å². The van der Waals surface area contributed by atoms with Crippen molar-refractivity contribution in [2.75, 3.05) is 19.5 Å². The molecule has 0 aliphatic rings. The zero-order chi connectivity index (χ0) is 25.0. The number of hydrogen-bond donors (Lipinski definition) is 3. The van der Waals surface area contributed by atoms with E-state index in [1.165, 1.54) is 44.5 Å². The molecule has 12 heteroatoms. The maximum atomic E-state index is 14.5. The van der Waals surface area contributed by atoms with Crippen LogP contribution in [0.2, 0.25) is 5.02 Å². The molecule has 34 heavy (non-hydrogen) atoms. The number of halogens is 5. The van der Waals surface area contributed by atoms with Gasteiger partial charge in [0, 0.05) is 13.3 Å². The topological polar surface area (TPSA) is 100 Å². The first-order valence-corrected chi connectivity index (χ1v) is 9.90. The van der Waals surface area contributed by atoms with Gasteiger partial charge in [-0.2, -0.15) is 13.2 Å². The standard InChI is InChI=1S/C22H17ClF4N4O3/c1-29-21(32)17-18(16-12(23)6-5-7-13(16)24)31-34-19(17)11(10-28)20(22(25,26)27)30-14-8-3-4-9-15(14)33-2/h3-10,28,30H,1-2H3,(H,29,32)/b20-11+,28-10?. The summed E-state index contributed by atoms with van der Waals surface area (Å²) in [6.07, 6.45) is -4.68. The summed E-state index contributed by atoms with van der Waals surface area (Å²) in [6, 6.07) is 9.47. The normalized spacial score (nSPS) is 12.1. The van der Waals surface area contributed by atoms with Crippen molar-refractivity contribution in [3.8, 4) is 17.0 Å². The maximum Gasteiger partial charge on any atom is 0.432 e. The summed E-state index contributed by atoms with van der Waals surface area (Å²) < 4.78 is 67.1. The van der Waals surface area contributed by atoms with Crippen LogP contribution in [0.3, 0.4) is 0 Å². The quantitative estimate of drug-likeness (QED) is 0.295. The lowest BCUT2D eigenvalue weighted by Gasteiger charge is -2.18. The summed E-state index contributed by atoms with van der Waals surface area (Å²) in [5.41, 5.74) is -3.64. The summed E-state index contributed by atoms with van der Waals surface area (Å²) in [6.45, 7) is 0. The minimum Gasteiger partial charge on any atom is -0.495 e. The van der Waals surface area contributed by atoms with Gasteiger partial charge in [-0.1, -0.05) is 35.0 Å². The molecule has 0 unspecified atom stereocenters. The number of anilines is 1. The Kier molecular flexibility index (Phi) is 7.26. The van der Waals surface area contributed by atoms with Gasteiger partial charge in [0.2, 0.25) is 0 Å². The van der Waals surface area contributed by atoms with Gasteiger partial charge in [0.05, 0.1) is 29.0 Å². The van der Waals surface area contributed by atoms with E-state index in [1.807, 2.05) is 0 Å². The number of carbonyl (C=O) groups excluding carboxylic acids is 1. The molecule has 2 aromatic carbocycles. The molecule has 0 radical (unpaired) electrons. The predicted octanol–water partition coefficient (Wildman–Crippen LogP) is 5.54. The molecule has 1 aromatic heterocycles. The second-order valence-corrected chi connectivity index (χ2v) is 7.07. The summed E-state index contributed by atoms with van der Waals surface area (Å²) in [7, 11) is 2.50. The summed E-state index contributed by atoms with van der Waals surface area (Å²) in [4.78, 5) is 12.7. The minimum atomic E-state index is -5.03. The van der Waals surface area contributed by atoms with E-state index in [4.69, 9.17) is 26.3 Å². The SMILES string of the molecule is CNC(=O)c1c(-c2c(F)cccc2Cl)noc1/C(C=N)=C(/Nc1ccccc1OC)C(F)(F)F. The molecule has 0 saturated heterocycles. The Morgan fingerprint density at radius 3 is 2.50 bits per heavy atom. The van der Waals surface area contributed by atoms with Crippen LogP contribution in [0.4, 0.5) is 23.2 Å². The van der Waals surface area contributed by atoms with Gasteiger partial charge < -0.3 is 25.3 Å². The van der Waals surface area contributed by atoms with E-state index in [2.05, 4.69) is 15.8 Å². The van der Waals surface area contributed by atoms with Crippen LogP contribution in [0.5, 0.6) is 5.75 Å². The van der Waals surface area contributed by atoms with Gasteiger partial charge in [0.1, 0.15) is 28.5 Å². The van der Waals surface area contributed by atoms with Crippen molar-refractivity contribution in [1.82, 2.24) is 10.5 Å². The van der Waals surface area contributed by atoms with Crippen molar-refractivity contribution in [2.24, 2.45) is 0 Å². The third-order valence-corrected chi connectivity index (χ3v) is 4.97. The molecule has 0 saturated carbocycles. The first-order chi connectivity index (χ1) is 16.1. The highest BCUT2D eigenvalue weighted by Crippen LogP contribution is 2.39. The number of rotatable bonds is 7. The summed E-state index contributed by atoms with van der Waals surface area (Å²) in [5, 5.41) is 15.6. The van der Waals surface area contributed by atoms with E-state index in [-0.39, 0.29) is 22.0 Å². The number of nitrogens with one attached hydrogen (secondary N) is 3. The molecule has 3 N–H and O–H groups in total. The Balaban J connectivity index is 2.32. The fourth-order valence-electron chi connectivity index (χ4n) is 3.13. The molecule has 0 spiro atoms. The fraction of sp³-hybridized carbons (Fsp3) is 0.136. The highest BCUT2D eigenvalue weighted by molar-refractivity contribution is 6.33. The molecule has 1 amide bonds. The van der Waals surface area contributed by atoms with Gasteiger partial charge in [-0.15, -0.1) is 0 Å². The Hall–Kier alpha value is -3.86. The van der Waals surface area contributed by atoms with Gasteiger partial charge in [0.15, 0.2) is 5.76 Å². The van der Waals surface area contributed by atoms with Crippen LogP contribution in [0.25, 0.3) is 16.8 Å². The zero-order valence-electron chi connectivity index (χ0n) is 17.7. The molecule has 0 atom stereocenters. The summed E-state index contributed by atoms with van der Waals surface area (Å²) in [5.74, 6) is -2.42. The number of amides is 1. The van der Waals surface area contributed by atoms with Crippen LogP contribution in [0, 0.1) is 11.2 Å². The number of methoxy groups -OCH3 is 1. The van der Waals surface area contributed by atoms with E-state index in [0.29, 0.717) is 6.21 Å². The molecule has 0 fully saturated rings. The average molecular weight is 497 g/mol. The lowest BCUT2D eigenvalue weighted by Crippen LogP contribution is -2.24. The van der Waals surface area contributed by atoms with Crippen molar-refractivity contribution in [2.45, 2.75) is 6.18 Å². The molecular formula is C22H17ClF4N4O3. The zero-order valence-corrected chi connectivity index (χ0v) is 18.4. The fourth-order valence-corrected chi connectivity index (χ4v) is 3.38. The van der Waals surface area contributed by atoms with Crippen LogP contribution in [-0.4, -0.2) is 37.6 Å². The molecule has 7 nitrogen and oxygen atoms in total. The van der Waals surface area contributed by atoms with E-state index in [9.17, 15) is 22.4 Å². The molecule has 0 aliphatic carbocycles. The Morgan fingerprint density at radius 2 is 1.91 bits per heavy atom. The third-order valence-electron chi connectivity index (χ3n) is 4.65. The van der Waals surface area contributed by atoms with Crippen LogP contribution < -0.4 is 15.4 Å². The Morgan fingerprint density at radius 1 is 1.21 bits per heavy atom. The smallest absolute Gasteiger partial charge is 0.432 e. The number of benzene rings is 2. The molecule has 178 valence electrons. The van der Waals surface area contributed by atoms with Gasteiger partial charge >= 0.3 is 6.18 Å². The van der Waals surface area contributed by atoms with Gasteiger partial charge in [-0.25, -0.2) is 4.39 Å². The number of aromatic nitrogens is 1. The van der Waals surface area contributed by atoms with E-state index >= 15 is 0 Å². The minimum absolute atomic E-state index is 0.0601. The molecule has 3 aromatic rings. The largest absolute Gasteiger partial charge is 0.495 e. The van der Waals surface area contributed by atoms with Crippen LogP contribution >= 0.6 is 11.6 Å². The van der Waals surface area contributed by atoms with Gasteiger partial charge in [-0.3, -0.25) is 4.79 Å². The maximum absolute atomic E-state index is 14.5. The van der Waals surface area contributed by atoms with Crippen LogP contribution in [0.1, 0.15) is 16.1 Å². The monoisotopic (exact) mass is 496 g/mol. The number of ether oxygens (including phenoxy) is 1. The molecule has 0 aliphatic heterocycles. The molecule has 3 rings (SSSR count). The van der Waals surface area contributed by atoms with Crippen molar-refractivity contribution < 1.29 is 31.6 Å². The van der Waals surface area contributed by atoms with E-state index in [1.54, 1.807) is 6.07 Å². The van der Waals surface area contributed by atoms with Crippen molar-refractivity contribution in [3.05, 3.63) is 70.3 Å². The Labute approximate surface area is 195 Å². The Bertz CT molecular complexity index is 1250. The number of hydrogen-bond acceptors (Lipinski definition) is 6. The first-order valence-electron chi connectivity index (χ1n) is 9.52. The van der Waals surface area contributed by atoms with Crippen LogP contribution in [-0.2, 0) is 0 Å². The van der Waals surface area contributed by atoms with E-state index < -0.39 is 46.2 Å². The van der Waals surface area contributed by atoms with Gasteiger partial charge in [0.25, 0.3) is 5.91 Å². The predicted molar refractivity (Wildman–Crippen MR) is 119 cm³/mol. The number of carbonyl (C=O) groups is 1. The first kappa shape index (κ1) is 24.8. The van der Waals surface area contributed by atoms with Crippen molar-refractivity contribution >= 4 is 35.0 Å². The highest BCUT2D eigenvalue weighted by atomic mass is 35.5. The van der Waals surface area contributed by atoms with Crippen LogP contribution in [0.15, 0.2) is 52.7 Å². The lowest BCUT2D eigenvalue weighted by molar-refractivity contribution is -0.0896. The number of allylic oxidation sites excluding steroid dienone is 2. The third kappa shape index (κ3) is 4.74. The summed E-state index contributed by atoms with van der Waals surface area (Å²) >= 11 is 6.07. The molecule has 0 bridgehead atoms. The van der Waals surface area contributed by atoms with E-state index in [0.717, 1.165) is 6.07 Å². The second kappa shape index (κ2) is 9.96. The highest BCUT2D eigenvalue weighted by Gasteiger charge is 2.40. The lowest BCUT2D eigenvalue weighted by atomic mass is 10.00. The number of nitrogens with zero attached hydrogens (tertiary/aromatic N) is 1. The van der Waals surface area contributed by atoms with Gasteiger partial charge in [-0.05, 0) is 24.3 Å². The number of alkyl halides is 3. The van der Waals surface area contributed by atoms with Crippen molar-refractivity contribution in [3.63, 3.8) is 0 Å². The second-order valence-electron chi connectivity index (χ2n) is 6.67. The average Bonchev–Trinajstić information content (AvgIpc) is 3.22.